The molecule has 21 heavy (non-hydrogen) atoms. The number of benzene rings is 1. The fourth-order valence-corrected chi connectivity index (χ4v) is 2.62. The zero-order valence-corrected chi connectivity index (χ0v) is 11.0. The lowest BCUT2D eigenvalue weighted by atomic mass is 9.79. The van der Waals surface area contributed by atoms with E-state index in [1.54, 1.807) is 30.3 Å². The maximum atomic E-state index is 12.4. The average molecular weight is 286 g/mol. The first-order valence-corrected chi connectivity index (χ1v) is 6.50. The number of urea groups is 1. The molecule has 3 amide bonds. The zero-order chi connectivity index (χ0) is 15.0. The first-order valence-electron chi connectivity index (χ1n) is 6.50. The van der Waals surface area contributed by atoms with Gasteiger partial charge in [0.05, 0.1) is 0 Å². The molecular weight excluding hydrogens is 272 g/mol. The molecule has 0 aromatic heterocycles. The van der Waals surface area contributed by atoms with Crippen molar-refractivity contribution < 1.29 is 19.8 Å². The van der Waals surface area contributed by atoms with Gasteiger partial charge in [-0.3, -0.25) is 10.1 Å². The van der Waals surface area contributed by atoms with Gasteiger partial charge in [-0.05, 0) is 17.2 Å². The van der Waals surface area contributed by atoms with Gasteiger partial charge in [0.2, 0.25) is 0 Å². The average Bonchev–Trinajstić information content (AvgIpc) is 2.78. The fraction of sp³-hybridized carbons (Fsp3) is 0.200. The van der Waals surface area contributed by atoms with E-state index in [1.165, 1.54) is 18.2 Å². The van der Waals surface area contributed by atoms with Gasteiger partial charge in [-0.25, -0.2) is 4.79 Å². The van der Waals surface area contributed by atoms with Crippen LogP contribution in [-0.4, -0.2) is 34.4 Å². The number of carbonyl (C=O) groups excluding carboxylic acids is 2. The number of imide groups is 1. The van der Waals surface area contributed by atoms with Crippen molar-refractivity contribution in [2.45, 2.75) is 17.7 Å². The Hall–Kier alpha value is -2.44. The summed E-state index contributed by atoms with van der Waals surface area (Å²) in [6, 6.07) is 8.16. The van der Waals surface area contributed by atoms with E-state index in [0.29, 0.717) is 11.1 Å². The molecule has 0 spiro atoms. The summed E-state index contributed by atoms with van der Waals surface area (Å²) in [5.74, 6) is -0.516. The van der Waals surface area contributed by atoms with Gasteiger partial charge in [-0.15, -0.1) is 0 Å². The predicted octanol–water partition coefficient (Wildman–Crippen LogP) is -0.0607. The minimum Gasteiger partial charge on any atom is -0.386 e. The van der Waals surface area contributed by atoms with Crippen LogP contribution in [0.1, 0.15) is 5.56 Å². The predicted molar refractivity (Wildman–Crippen MR) is 74.0 cm³/mol. The van der Waals surface area contributed by atoms with Gasteiger partial charge in [-0.2, -0.15) is 0 Å². The first kappa shape index (κ1) is 13.5. The van der Waals surface area contributed by atoms with E-state index in [2.05, 4.69) is 10.6 Å². The molecule has 0 saturated carbocycles. The normalized spacial score (nSPS) is 31.6. The third-order valence-electron chi connectivity index (χ3n) is 3.68. The number of aliphatic hydroxyl groups excluding tert-OH is 2. The summed E-state index contributed by atoms with van der Waals surface area (Å²) in [6.07, 6.45) is 2.15. The lowest BCUT2D eigenvalue weighted by Crippen LogP contribution is -2.46. The van der Waals surface area contributed by atoms with E-state index in [1.807, 2.05) is 0 Å². The first-order chi connectivity index (χ1) is 10.0. The van der Waals surface area contributed by atoms with E-state index >= 15 is 0 Å². The lowest BCUT2D eigenvalue weighted by Gasteiger charge is -2.31. The smallest absolute Gasteiger partial charge is 0.322 e. The van der Waals surface area contributed by atoms with Crippen LogP contribution in [-0.2, 0) is 10.3 Å². The van der Waals surface area contributed by atoms with Crippen molar-refractivity contribution in [2.75, 3.05) is 0 Å². The third-order valence-corrected chi connectivity index (χ3v) is 3.68. The monoisotopic (exact) mass is 286 g/mol. The van der Waals surface area contributed by atoms with Crippen molar-refractivity contribution in [2.24, 2.45) is 0 Å². The van der Waals surface area contributed by atoms with Crippen LogP contribution in [0.3, 0.4) is 0 Å². The summed E-state index contributed by atoms with van der Waals surface area (Å²) in [4.78, 5) is 24.0. The number of carbonyl (C=O) groups is 2. The van der Waals surface area contributed by atoms with E-state index in [-0.39, 0.29) is 0 Å². The second-order valence-corrected chi connectivity index (χ2v) is 4.99. The molecular formula is C15H14N2O4. The Morgan fingerprint density at radius 3 is 2.33 bits per heavy atom. The van der Waals surface area contributed by atoms with E-state index in [0.717, 1.165) is 0 Å². The summed E-state index contributed by atoms with van der Waals surface area (Å²) in [7, 11) is 0. The van der Waals surface area contributed by atoms with Crippen LogP contribution in [0.2, 0.25) is 0 Å². The molecule has 0 bridgehead atoms. The van der Waals surface area contributed by atoms with Crippen LogP contribution < -0.4 is 10.6 Å². The van der Waals surface area contributed by atoms with Crippen molar-refractivity contribution in [1.82, 2.24) is 10.6 Å². The zero-order valence-electron chi connectivity index (χ0n) is 11.0. The Balaban J connectivity index is 2.15. The van der Waals surface area contributed by atoms with Crippen LogP contribution in [0, 0.1) is 0 Å². The molecule has 4 N–H and O–H groups in total. The van der Waals surface area contributed by atoms with Gasteiger partial charge in [-0.1, -0.05) is 42.5 Å². The van der Waals surface area contributed by atoms with Crippen LogP contribution in [0.4, 0.5) is 4.79 Å². The SMILES string of the molecule is O=C1NC(=O)[C@@](C2=CC(O)C(O)C=C2)(c2ccccc2)N1. The standard InChI is InChI=1S/C15H14N2O4/c18-11-7-6-10(8-12(11)19)15(9-4-2-1-3-5-9)13(20)16-14(21)17-15/h1-8,11-12,18-19H,(H2,16,17,20,21)/t11?,12?,15-/m0/s1. The Bertz CT molecular complexity index is 653. The minimum absolute atomic E-state index is 0.412. The van der Waals surface area contributed by atoms with Crippen molar-refractivity contribution in [3.63, 3.8) is 0 Å². The molecule has 1 saturated heterocycles. The van der Waals surface area contributed by atoms with Crippen molar-refractivity contribution >= 4 is 11.9 Å². The van der Waals surface area contributed by atoms with Gasteiger partial charge in [0, 0.05) is 0 Å². The summed E-state index contributed by atoms with van der Waals surface area (Å²) >= 11 is 0. The Kier molecular flexibility index (Phi) is 3.12. The summed E-state index contributed by atoms with van der Waals surface area (Å²) in [5, 5.41) is 24.2. The topological polar surface area (TPSA) is 98.7 Å². The van der Waals surface area contributed by atoms with Crippen molar-refractivity contribution in [3.05, 3.63) is 59.7 Å². The number of nitrogens with one attached hydrogen (secondary N) is 2. The molecule has 6 nitrogen and oxygen atoms in total. The molecule has 108 valence electrons. The van der Waals surface area contributed by atoms with Gasteiger partial charge in [0.1, 0.15) is 12.2 Å². The molecule has 3 rings (SSSR count). The van der Waals surface area contributed by atoms with Gasteiger partial charge in [0.25, 0.3) is 5.91 Å². The molecule has 0 radical (unpaired) electrons. The molecule has 1 heterocycles. The summed E-state index contributed by atoms with van der Waals surface area (Å²) < 4.78 is 0. The lowest BCUT2D eigenvalue weighted by molar-refractivity contribution is -0.123. The van der Waals surface area contributed by atoms with Crippen molar-refractivity contribution in [1.29, 1.82) is 0 Å². The second-order valence-electron chi connectivity index (χ2n) is 4.99. The number of amides is 3. The molecule has 3 atom stereocenters. The molecule has 1 aliphatic carbocycles. The Morgan fingerprint density at radius 2 is 1.76 bits per heavy atom. The maximum absolute atomic E-state index is 12.4. The number of hydrogen-bond donors (Lipinski definition) is 4. The quantitative estimate of drug-likeness (QED) is 0.572. The molecule has 1 fully saturated rings. The Labute approximate surface area is 120 Å². The molecule has 6 heteroatoms. The van der Waals surface area contributed by atoms with E-state index in [9.17, 15) is 19.8 Å². The van der Waals surface area contributed by atoms with E-state index in [4.69, 9.17) is 0 Å². The second kappa shape index (κ2) is 4.83. The van der Waals surface area contributed by atoms with Gasteiger partial charge >= 0.3 is 6.03 Å². The van der Waals surface area contributed by atoms with Crippen LogP contribution in [0.15, 0.2) is 54.1 Å². The fourth-order valence-electron chi connectivity index (χ4n) is 2.62. The molecule has 1 aliphatic heterocycles. The minimum atomic E-state index is -1.39. The molecule has 1 aromatic rings. The number of hydrogen-bond acceptors (Lipinski definition) is 4. The highest BCUT2D eigenvalue weighted by molar-refractivity contribution is 6.09. The van der Waals surface area contributed by atoms with Crippen LogP contribution in [0.5, 0.6) is 0 Å². The summed E-state index contributed by atoms with van der Waals surface area (Å²) in [5.41, 5.74) is -0.404. The highest BCUT2D eigenvalue weighted by Gasteiger charge is 2.50. The molecule has 2 aliphatic rings. The van der Waals surface area contributed by atoms with Crippen LogP contribution in [0.25, 0.3) is 0 Å². The highest BCUT2D eigenvalue weighted by atomic mass is 16.3. The number of rotatable bonds is 2. The van der Waals surface area contributed by atoms with Crippen molar-refractivity contribution in [3.8, 4) is 0 Å². The van der Waals surface area contributed by atoms with E-state index < -0.39 is 29.7 Å². The van der Waals surface area contributed by atoms with Gasteiger partial charge < -0.3 is 15.5 Å². The maximum Gasteiger partial charge on any atom is 0.322 e. The summed E-state index contributed by atoms with van der Waals surface area (Å²) in [6.45, 7) is 0. The Morgan fingerprint density at radius 1 is 1.05 bits per heavy atom. The largest absolute Gasteiger partial charge is 0.386 e. The number of aliphatic hydroxyl groups is 2. The molecule has 2 unspecified atom stereocenters. The third kappa shape index (κ3) is 2.05. The van der Waals surface area contributed by atoms with Crippen LogP contribution >= 0.6 is 0 Å². The highest BCUT2D eigenvalue weighted by Crippen LogP contribution is 2.35. The van der Waals surface area contributed by atoms with Gasteiger partial charge in [0.15, 0.2) is 5.54 Å². The molecule has 1 aromatic carbocycles.